The average molecular weight is 275 g/mol. The minimum absolute atomic E-state index is 0.0175. The van der Waals surface area contributed by atoms with Crippen LogP contribution in [0.25, 0.3) is 0 Å². The third-order valence-electron chi connectivity index (χ3n) is 2.70. The zero-order valence-electron chi connectivity index (χ0n) is 10.2. The van der Waals surface area contributed by atoms with Gasteiger partial charge in [0.05, 0.1) is 10.7 Å². The van der Waals surface area contributed by atoms with E-state index in [9.17, 15) is 9.18 Å². The second kappa shape index (κ2) is 6.56. The molecule has 6 heteroatoms. The van der Waals surface area contributed by atoms with Crippen LogP contribution in [0.3, 0.4) is 0 Å². The molecule has 0 aliphatic heterocycles. The molecule has 1 aromatic rings. The Morgan fingerprint density at radius 3 is 2.78 bits per heavy atom. The van der Waals surface area contributed by atoms with Gasteiger partial charge in [-0.15, -0.1) is 0 Å². The van der Waals surface area contributed by atoms with Crippen molar-refractivity contribution in [3.05, 3.63) is 29.0 Å². The molecule has 18 heavy (non-hydrogen) atoms. The summed E-state index contributed by atoms with van der Waals surface area (Å²) >= 11 is 5.60. The van der Waals surface area contributed by atoms with E-state index in [0.29, 0.717) is 0 Å². The van der Waals surface area contributed by atoms with Gasteiger partial charge in [-0.1, -0.05) is 24.6 Å². The zero-order chi connectivity index (χ0) is 13.7. The zero-order valence-corrected chi connectivity index (χ0v) is 11.0. The maximum absolute atomic E-state index is 13.5. The quantitative estimate of drug-likeness (QED) is 0.790. The lowest BCUT2D eigenvalue weighted by Crippen LogP contribution is -2.40. The Hall–Kier alpha value is -1.33. The number of halogens is 2. The third kappa shape index (κ3) is 3.85. The van der Waals surface area contributed by atoms with E-state index >= 15 is 0 Å². The molecule has 0 fully saturated rings. The summed E-state index contributed by atoms with van der Waals surface area (Å²) < 4.78 is 13.5. The number of nitrogens with one attached hydrogen (secondary N) is 2. The topological polar surface area (TPSA) is 61.4 Å². The van der Waals surface area contributed by atoms with Crippen molar-refractivity contribution in [2.45, 2.75) is 19.9 Å². The second-order valence-electron chi connectivity index (χ2n) is 4.15. The number of hydrogen-bond acceptors (Lipinski definition) is 2. The van der Waals surface area contributed by atoms with Crippen LogP contribution in [0.2, 0.25) is 5.02 Å². The van der Waals surface area contributed by atoms with Gasteiger partial charge in [0.15, 0.2) is 5.82 Å². The van der Waals surface area contributed by atoms with Gasteiger partial charge in [0.1, 0.15) is 0 Å². The average Bonchev–Trinajstić information content (AvgIpc) is 2.33. The lowest BCUT2D eigenvalue weighted by atomic mass is 10.1. The summed E-state index contributed by atoms with van der Waals surface area (Å²) in [5.74, 6) is -0.753. The van der Waals surface area contributed by atoms with Crippen LogP contribution in [0.15, 0.2) is 18.2 Å². The van der Waals surface area contributed by atoms with Gasteiger partial charge in [-0.25, -0.2) is 9.18 Å². The highest BCUT2D eigenvalue weighted by molar-refractivity contribution is 6.31. The molecule has 0 radical (unpaired) electrons. The lowest BCUT2D eigenvalue weighted by molar-refractivity contribution is 0.204. The standard InChI is InChI=1S/C12H16ClFN2O2/c1-7(6-17)8(2)15-12(18)16-10-5-3-4-9(13)11(10)14/h3-5,7-8,17H,6H2,1-2H3,(H2,15,16,18). The van der Waals surface area contributed by atoms with Crippen molar-refractivity contribution in [3.63, 3.8) is 0 Å². The Balaban J connectivity index is 2.62. The van der Waals surface area contributed by atoms with Crippen molar-refractivity contribution >= 4 is 23.3 Å². The van der Waals surface area contributed by atoms with E-state index in [4.69, 9.17) is 16.7 Å². The predicted molar refractivity (Wildman–Crippen MR) is 69.3 cm³/mol. The number of rotatable bonds is 4. The number of carbonyl (C=O) groups is 1. The minimum atomic E-state index is -0.669. The smallest absolute Gasteiger partial charge is 0.319 e. The van der Waals surface area contributed by atoms with Crippen LogP contribution in [0, 0.1) is 11.7 Å². The van der Waals surface area contributed by atoms with Crippen molar-refractivity contribution in [2.75, 3.05) is 11.9 Å². The fourth-order valence-corrected chi connectivity index (χ4v) is 1.44. The highest BCUT2D eigenvalue weighted by Crippen LogP contribution is 2.21. The summed E-state index contributed by atoms with van der Waals surface area (Å²) in [6, 6.07) is 3.60. The van der Waals surface area contributed by atoms with Gasteiger partial charge in [-0.2, -0.15) is 0 Å². The van der Waals surface area contributed by atoms with Gasteiger partial charge >= 0.3 is 6.03 Å². The molecular weight excluding hydrogens is 259 g/mol. The van der Waals surface area contributed by atoms with Gasteiger partial charge in [-0.3, -0.25) is 0 Å². The molecule has 1 aromatic carbocycles. The molecule has 0 saturated carbocycles. The summed E-state index contributed by atoms with van der Waals surface area (Å²) in [7, 11) is 0. The monoisotopic (exact) mass is 274 g/mol. The minimum Gasteiger partial charge on any atom is -0.396 e. The largest absolute Gasteiger partial charge is 0.396 e. The Bertz CT molecular complexity index is 429. The van der Waals surface area contributed by atoms with E-state index in [1.165, 1.54) is 12.1 Å². The first-order chi connectivity index (χ1) is 8.45. The first-order valence-corrected chi connectivity index (χ1v) is 5.96. The van der Waals surface area contributed by atoms with Gasteiger partial charge in [0, 0.05) is 12.6 Å². The summed E-state index contributed by atoms with van der Waals surface area (Å²) in [6.45, 7) is 3.52. The summed E-state index contributed by atoms with van der Waals surface area (Å²) in [4.78, 5) is 11.6. The maximum atomic E-state index is 13.5. The molecule has 0 saturated heterocycles. The van der Waals surface area contributed by atoms with E-state index in [1.807, 2.05) is 0 Å². The number of aliphatic hydroxyl groups is 1. The van der Waals surface area contributed by atoms with Crippen LogP contribution in [-0.2, 0) is 0 Å². The Kier molecular flexibility index (Phi) is 5.37. The predicted octanol–water partition coefficient (Wildman–Crippen LogP) is 2.62. The summed E-state index contributed by atoms with van der Waals surface area (Å²) in [5.41, 5.74) is 0.0175. The normalized spacial score (nSPS) is 13.8. The van der Waals surface area contributed by atoms with Crippen LogP contribution in [-0.4, -0.2) is 23.8 Å². The fraction of sp³-hybridized carbons (Fsp3) is 0.417. The highest BCUT2D eigenvalue weighted by Gasteiger charge is 2.15. The molecule has 0 aliphatic rings. The number of urea groups is 1. The summed E-state index contributed by atoms with van der Waals surface area (Å²) in [6.07, 6.45) is 0. The lowest BCUT2D eigenvalue weighted by Gasteiger charge is -2.19. The number of anilines is 1. The number of amides is 2. The van der Waals surface area contributed by atoms with E-state index in [0.717, 1.165) is 0 Å². The SMILES string of the molecule is CC(CO)C(C)NC(=O)Nc1cccc(Cl)c1F. The maximum Gasteiger partial charge on any atom is 0.319 e. The fourth-order valence-electron chi connectivity index (χ4n) is 1.27. The molecule has 4 nitrogen and oxygen atoms in total. The summed E-state index contributed by atoms with van der Waals surface area (Å²) in [5, 5.41) is 13.9. The first kappa shape index (κ1) is 14.7. The number of hydrogen-bond donors (Lipinski definition) is 3. The second-order valence-corrected chi connectivity index (χ2v) is 4.56. The van der Waals surface area contributed by atoms with Crippen LogP contribution >= 0.6 is 11.6 Å². The molecule has 0 aromatic heterocycles. The molecule has 0 bridgehead atoms. The molecular formula is C12H16ClFN2O2. The van der Waals surface area contributed by atoms with Gasteiger partial charge in [0.25, 0.3) is 0 Å². The van der Waals surface area contributed by atoms with Crippen molar-refractivity contribution in [1.29, 1.82) is 0 Å². The Morgan fingerprint density at radius 2 is 2.17 bits per heavy atom. The molecule has 100 valence electrons. The van der Waals surface area contributed by atoms with Crippen molar-refractivity contribution in [3.8, 4) is 0 Å². The molecule has 0 aliphatic carbocycles. The molecule has 0 spiro atoms. The first-order valence-electron chi connectivity index (χ1n) is 5.58. The van der Waals surface area contributed by atoms with E-state index in [-0.39, 0.29) is 29.3 Å². The molecule has 2 amide bonds. The third-order valence-corrected chi connectivity index (χ3v) is 2.99. The van der Waals surface area contributed by atoms with E-state index in [2.05, 4.69) is 10.6 Å². The molecule has 2 unspecified atom stereocenters. The molecule has 2 atom stereocenters. The van der Waals surface area contributed by atoms with E-state index in [1.54, 1.807) is 19.9 Å². The van der Waals surface area contributed by atoms with Gasteiger partial charge in [0.2, 0.25) is 0 Å². The highest BCUT2D eigenvalue weighted by atomic mass is 35.5. The van der Waals surface area contributed by atoms with Gasteiger partial charge in [-0.05, 0) is 25.0 Å². The van der Waals surface area contributed by atoms with E-state index < -0.39 is 11.8 Å². The van der Waals surface area contributed by atoms with Crippen molar-refractivity contribution in [1.82, 2.24) is 5.32 Å². The number of benzene rings is 1. The molecule has 1 rings (SSSR count). The van der Waals surface area contributed by atoms with Gasteiger partial charge < -0.3 is 15.7 Å². The van der Waals surface area contributed by atoms with Crippen LogP contribution in [0.4, 0.5) is 14.9 Å². The van der Waals surface area contributed by atoms with Crippen molar-refractivity contribution in [2.24, 2.45) is 5.92 Å². The Morgan fingerprint density at radius 1 is 1.50 bits per heavy atom. The van der Waals surface area contributed by atoms with Crippen LogP contribution < -0.4 is 10.6 Å². The van der Waals surface area contributed by atoms with Crippen LogP contribution in [0.1, 0.15) is 13.8 Å². The molecule has 3 N–H and O–H groups in total. The molecule has 0 heterocycles. The van der Waals surface area contributed by atoms with Crippen molar-refractivity contribution < 1.29 is 14.3 Å². The van der Waals surface area contributed by atoms with Crippen LogP contribution in [0.5, 0.6) is 0 Å². The number of carbonyl (C=O) groups excluding carboxylic acids is 1. The Labute approximate surface area is 110 Å². The number of aliphatic hydroxyl groups excluding tert-OH is 1.